The van der Waals surface area contributed by atoms with Crippen molar-refractivity contribution in [3.8, 4) is 0 Å². The fourth-order valence-electron chi connectivity index (χ4n) is 2.64. The molecule has 3 unspecified atom stereocenters. The van der Waals surface area contributed by atoms with E-state index < -0.39 is 0 Å². The third-order valence-electron chi connectivity index (χ3n) is 4.03. The van der Waals surface area contributed by atoms with Gasteiger partial charge in [0.25, 0.3) is 0 Å². The van der Waals surface area contributed by atoms with Crippen molar-refractivity contribution in [2.45, 2.75) is 33.1 Å². The fourth-order valence-corrected chi connectivity index (χ4v) is 2.64. The minimum Gasteiger partial charge on any atom is -0.0840 e. The average Bonchev–Trinajstić information content (AvgIpc) is 2.39. The molecule has 0 amide bonds. The summed E-state index contributed by atoms with van der Waals surface area (Å²) in [6.07, 6.45) is 19.7. The highest BCUT2D eigenvalue weighted by Gasteiger charge is 2.22. The maximum Gasteiger partial charge on any atom is -0.0162 e. The van der Waals surface area contributed by atoms with Gasteiger partial charge >= 0.3 is 0 Å². The number of hydrogen-bond donors (Lipinski definition) is 0. The summed E-state index contributed by atoms with van der Waals surface area (Å²) < 4.78 is 0. The van der Waals surface area contributed by atoms with E-state index in [0.717, 1.165) is 11.8 Å². The maximum absolute atomic E-state index is 2.42. The highest BCUT2D eigenvalue weighted by molar-refractivity contribution is 5.25. The van der Waals surface area contributed by atoms with Gasteiger partial charge in [-0.2, -0.15) is 0 Å². The summed E-state index contributed by atoms with van der Waals surface area (Å²) >= 11 is 0. The third-order valence-corrected chi connectivity index (χ3v) is 4.03. The fraction of sp³-hybridized carbons (Fsp3) is 0.500. The Balaban J connectivity index is 2.01. The van der Waals surface area contributed by atoms with Gasteiger partial charge in [0.2, 0.25) is 0 Å². The zero-order valence-corrected chi connectivity index (χ0v) is 10.4. The van der Waals surface area contributed by atoms with Crippen LogP contribution >= 0.6 is 0 Å². The molecule has 0 N–H and O–H groups in total. The van der Waals surface area contributed by atoms with Crippen molar-refractivity contribution in [2.24, 2.45) is 17.8 Å². The van der Waals surface area contributed by atoms with Crippen molar-refractivity contribution in [2.75, 3.05) is 0 Å². The molecule has 0 aliphatic heterocycles. The highest BCUT2D eigenvalue weighted by atomic mass is 14.3. The monoisotopic (exact) mass is 214 g/mol. The molecule has 0 fully saturated rings. The molecule has 0 aromatic rings. The Labute approximate surface area is 99.4 Å². The molecule has 86 valence electrons. The molecule has 3 atom stereocenters. The summed E-state index contributed by atoms with van der Waals surface area (Å²) in [4.78, 5) is 0. The zero-order chi connectivity index (χ0) is 11.4. The lowest BCUT2D eigenvalue weighted by atomic mass is 9.76. The summed E-state index contributed by atoms with van der Waals surface area (Å²) in [5.41, 5.74) is 1.54. The van der Waals surface area contributed by atoms with E-state index in [9.17, 15) is 0 Å². The number of allylic oxidation sites excluding steroid dienone is 8. The van der Waals surface area contributed by atoms with Gasteiger partial charge in [-0.15, -0.1) is 0 Å². The van der Waals surface area contributed by atoms with E-state index in [4.69, 9.17) is 0 Å². The SMILES string of the molecule is CC(C1=CCCC=C1)C(C)C1C=CC=CC1. The van der Waals surface area contributed by atoms with Gasteiger partial charge in [-0.3, -0.25) is 0 Å². The maximum atomic E-state index is 2.42. The third kappa shape index (κ3) is 2.55. The first-order valence-electron chi connectivity index (χ1n) is 6.49. The lowest BCUT2D eigenvalue weighted by Crippen LogP contribution is -2.19. The largest absolute Gasteiger partial charge is 0.0840 e. The number of rotatable bonds is 3. The number of hydrogen-bond acceptors (Lipinski definition) is 0. The zero-order valence-electron chi connectivity index (χ0n) is 10.4. The van der Waals surface area contributed by atoms with Crippen LogP contribution in [-0.2, 0) is 0 Å². The van der Waals surface area contributed by atoms with Crippen LogP contribution in [0.25, 0.3) is 0 Å². The molecule has 2 aliphatic carbocycles. The van der Waals surface area contributed by atoms with Gasteiger partial charge in [-0.05, 0) is 42.6 Å². The minimum absolute atomic E-state index is 0.678. The predicted octanol–water partition coefficient (Wildman–Crippen LogP) is 4.67. The van der Waals surface area contributed by atoms with Crippen molar-refractivity contribution < 1.29 is 0 Å². The van der Waals surface area contributed by atoms with E-state index >= 15 is 0 Å². The van der Waals surface area contributed by atoms with Crippen molar-refractivity contribution in [3.05, 3.63) is 48.1 Å². The lowest BCUT2D eigenvalue weighted by molar-refractivity contribution is 0.342. The van der Waals surface area contributed by atoms with Gasteiger partial charge in [0.05, 0.1) is 0 Å². The Bertz CT molecular complexity index is 341. The van der Waals surface area contributed by atoms with Crippen LogP contribution in [0.1, 0.15) is 33.1 Å². The van der Waals surface area contributed by atoms with Crippen LogP contribution in [0.2, 0.25) is 0 Å². The molecular weight excluding hydrogens is 192 g/mol. The van der Waals surface area contributed by atoms with Crippen LogP contribution in [-0.4, -0.2) is 0 Å². The van der Waals surface area contributed by atoms with Gasteiger partial charge < -0.3 is 0 Å². The Morgan fingerprint density at radius 2 is 2.00 bits per heavy atom. The van der Waals surface area contributed by atoms with Crippen LogP contribution in [0.15, 0.2) is 48.1 Å². The molecule has 0 aromatic heterocycles. The van der Waals surface area contributed by atoms with Crippen LogP contribution < -0.4 is 0 Å². The first-order chi connectivity index (χ1) is 7.79. The standard InChI is InChI=1S/C16H22/c1-13(15-9-5-3-6-10-15)14(2)16-11-7-4-8-12-16/h3,5-7,9,11-15H,4,8,10H2,1-2H3. The van der Waals surface area contributed by atoms with E-state index in [1.165, 1.54) is 19.3 Å². The predicted molar refractivity (Wildman–Crippen MR) is 71.2 cm³/mol. The van der Waals surface area contributed by atoms with E-state index in [1.54, 1.807) is 5.57 Å². The molecule has 16 heavy (non-hydrogen) atoms. The molecule has 0 aromatic carbocycles. The van der Waals surface area contributed by atoms with Gasteiger partial charge in [-0.25, -0.2) is 0 Å². The van der Waals surface area contributed by atoms with Crippen molar-refractivity contribution in [1.82, 2.24) is 0 Å². The first kappa shape index (κ1) is 11.4. The lowest BCUT2D eigenvalue weighted by Gasteiger charge is -2.29. The smallest absolute Gasteiger partial charge is 0.0162 e. The molecule has 0 heteroatoms. The van der Waals surface area contributed by atoms with Crippen LogP contribution in [0, 0.1) is 17.8 Å². The van der Waals surface area contributed by atoms with Gasteiger partial charge in [0.15, 0.2) is 0 Å². The van der Waals surface area contributed by atoms with Crippen LogP contribution in [0.5, 0.6) is 0 Å². The topological polar surface area (TPSA) is 0 Å². The van der Waals surface area contributed by atoms with Gasteiger partial charge in [0, 0.05) is 0 Å². The van der Waals surface area contributed by atoms with Crippen LogP contribution in [0.4, 0.5) is 0 Å². The quantitative estimate of drug-likeness (QED) is 0.640. The molecule has 0 saturated carbocycles. The van der Waals surface area contributed by atoms with E-state index in [-0.39, 0.29) is 0 Å². The molecule has 0 spiro atoms. The van der Waals surface area contributed by atoms with E-state index in [0.29, 0.717) is 5.92 Å². The second kappa shape index (κ2) is 5.34. The summed E-state index contributed by atoms with van der Waals surface area (Å²) in [6.45, 7) is 4.76. The highest BCUT2D eigenvalue weighted by Crippen LogP contribution is 2.33. The van der Waals surface area contributed by atoms with Crippen LogP contribution in [0.3, 0.4) is 0 Å². The minimum atomic E-state index is 0.678. The first-order valence-corrected chi connectivity index (χ1v) is 6.49. The molecule has 2 aliphatic rings. The molecule has 0 nitrogen and oxygen atoms in total. The summed E-state index contributed by atoms with van der Waals surface area (Å²) in [7, 11) is 0. The summed E-state index contributed by atoms with van der Waals surface area (Å²) in [5, 5.41) is 0. The van der Waals surface area contributed by atoms with Crippen molar-refractivity contribution >= 4 is 0 Å². The van der Waals surface area contributed by atoms with E-state index in [1.807, 2.05) is 0 Å². The second-order valence-electron chi connectivity index (χ2n) is 5.04. The molecule has 2 rings (SSSR count). The van der Waals surface area contributed by atoms with Crippen molar-refractivity contribution in [3.63, 3.8) is 0 Å². The second-order valence-corrected chi connectivity index (χ2v) is 5.04. The molecule has 0 saturated heterocycles. The Kier molecular flexibility index (Phi) is 3.82. The molecule has 0 radical (unpaired) electrons. The Morgan fingerprint density at radius 1 is 1.12 bits per heavy atom. The molecule has 0 heterocycles. The van der Waals surface area contributed by atoms with Gasteiger partial charge in [-0.1, -0.05) is 56.4 Å². The Morgan fingerprint density at radius 3 is 2.62 bits per heavy atom. The molecule has 0 bridgehead atoms. The van der Waals surface area contributed by atoms with Crippen molar-refractivity contribution in [1.29, 1.82) is 0 Å². The summed E-state index contributed by atoms with van der Waals surface area (Å²) in [5.74, 6) is 2.13. The van der Waals surface area contributed by atoms with E-state index in [2.05, 4.69) is 56.4 Å². The molecular formula is C16H22. The average molecular weight is 214 g/mol. The normalized spacial score (nSPS) is 27.6. The Hall–Kier alpha value is -1.04. The van der Waals surface area contributed by atoms with Gasteiger partial charge in [0.1, 0.15) is 0 Å². The summed E-state index contributed by atoms with van der Waals surface area (Å²) in [6, 6.07) is 0.